The molecular formula is C22H21N3O4. The molecule has 7 nitrogen and oxygen atoms in total. The van der Waals surface area contributed by atoms with Crippen LogP contribution in [0.3, 0.4) is 0 Å². The summed E-state index contributed by atoms with van der Waals surface area (Å²) in [5.74, 6) is 2.12. The number of β-amino-alcohol motifs (C(OH)–C–C–N with tert-alkyl or cyclic N) is 1. The zero-order chi connectivity index (χ0) is 20.0. The molecule has 1 aromatic heterocycles. The molecule has 7 heteroatoms. The number of benzene rings is 2. The number of fused-ring (bicyclic) bond motifs is 3. The number of carbonyl (C=O) groups excluding carboxylic acids is 1. The Morgan fingerprint density at radius 2 is 2.03 bits per heavy atom. The number of aliphatic hydroxyl groups is 1. The molecule has 0 spiro atoms. The van der Waals surface area contributed by atoms with E-state index in [0.717, 1.165) is 28.9 Å². The highest BCUT2D eigenvalue weighted by Crippen LogP contribution is 2.49. The zero-order valence-electron chi connectivity index (χ0n) is 16.0. The van der Waals surface area contributed by atoms with E-state index >= 15 is 0 Å². The highest BCUT2D eigenvalue weighted by Gasteiger charge is 2.46. The Bertz CT molecular complexity index is 1060. The Labute approximate surface area is 167 Å². The normalized spacial score (nSPS) is 20.1. The first-order valence-corrected chi connectivity index (χ1v) is 9.70. The number of aromatic nitrogens is 2. The summed E-state index contributed by atoms with van der Waals surface area (Å²) < 4.78 is 10.7. The maximum absolute atomic E-state index is 12.3. The maximum Gasteiger partial charge on any atom is 0.258 e. The number of ether oxygens (including phenoxy) is 1. The Kier molecular flexibility index (Phi) is 4.32. The van der Waals surface area contributed by atoms with Crippen molar-refractivity contribution in [3.8, 4) is 28.6 Å². The Morgan fingerprint density at radius 1 is 1.21 bits per heavy atom. The van der Waals surface area contributed by atoms with Crippen LogP contribution in [0.15, 0.2) is 47.0 Å². The van der Waals surface area contributed by atoms with Crippen molar-refractivity contribution in [1.29, 1.82) is 0 Å². The summed E-state index contributed by atoms with van der Waals surface area (Å²) in [7, 11) is 1.63. The van der Waals surface area contributed by atoms with Gasteiger partial charge in [-0.05, 0) is 47.7 Å². The largest absolute Gasteiger partial charge is 0.497 e. The van der Waals surface area contributed by atoms with E-state index in [2.05, 4.69) is 16.2 Å². The van der Waals surface area contributed by atoms with Gasteiger partial charge in [-0.15, -0.1) is 0 Å². The predicted octanol–water partition coefficient (Wildman–Crippen LogP) is 2.85. The minimum absolute atomic E-state index is 0.0255. The van der Waals surface area contributed by atoms with E-state index in [1.807, 2.05) is 36.4 Å². The maximum atomic E-state index is 12.3. The van der Waals surface area contributed by atoms with Gasteiger partial charge in [0.2, 0.25) is 11.7 Å². The van der Waals surface area contributed by atoms with Crippen LogP contribution in [0.5, 0.6) is 5.75 Å². The summed E-state index contributed by atoms with van der Waals surface area (Å²) in [6.45, 7) is 0.341. The number of aliphatic hydroxyl groups excluding tert-OH is 1. The molecule has 1 saturated heterocycles. The highest BCUT2D eigenvalue weighted by molar-refractivity contribution is 5.81. The van der Waals surface area contributed by atoms with E-state index in [9.17, 15) is 9.90 Å². The van der Waals surface area contributed by atoms with Crippen LogP contribution in [0.25, 0.3) is 22.8 Å². The molecule has 2 aromatic carbocycles. The third-order valence-corrected chi connectivity index (χ3v) is 5.88. The van der Waals surface area contributed by atoms with Crippen LogP contribution < -0.4 is 4.74 Å². The van der Waals surface area contributed by atoms with E-state index in [1.54, 1.807) is 12.0 Å². The van der Waals surface area contributed by atoms with Gasteiger partial charge in [-0.2, -0.15) is 4.98 Å². The second kappa shape index (κ2) is 7.00. The SMILES string of the molecule is COc1ccc(-c2nc(-c3cccc4c3C[C@H]3CC(=O)N(CCO)[C@@H]43)no2)cc1. The molecule has 0 saturated carbocycles. The van der Waals surface area contributed by atoms with Gasteiger partial charge in [0.15, 0.2) is 0 Å². The average Bonchev–Trinajstić information content (AvgIpc) is 3.43. The molecule has 29 heavy (non-hydrogen) atoms. The fourth-order valence-electron chi connectivity index (χ4n) is 4.60. The van der Waals surface area contributed by atoms with E-state index < -0.39 is 0 Å². The van der Waals surface area contributed by atoms with Gasteiger partial charge in [0.05, 0.1) is 19.8 Å². The molecule has 2 aliphatic rings. The smallest absolute Gasteiger partial charge is 0.258 e. The minimum atomic E-state index is -0.0277. The molecule has 1 aliphatic carbocycles. The summed E-state index contributed by atoms with van der Waals surface area (Å²) in [5, 5.41) is 13.6. The van der Waals surface area contributed by atoms with Crippen molar-refractivity contribution in [2.45, 2.75) is 18.9 Å². The van der Waals surface area contributed by atoms with Crippen molar-refractivity contribution in [3.63, 3.8) is 0 Å². The average molecular weight is 391 g/mol. The number of hydrogen-bond donors (Lipinski definition) is 1. The highest BCUT2D eigenvalue weighted by atomic mass is 16.5. The number of likely N-dealkylation sites (tertiary alicyclic amines) is 1. The quantitative estimate of drug-likeness (QED) is 0.719. The lowest BCUT2D eigenvalue weighted by Crippen LogP contribution is -2.30. The van der Waals surface area contributed by atoms with Crippen LogP contribution >= 0.6 is 0 Å². The molecule has 5 rings (SSSR count). The van der Waals surface area contributed by atoms with Crippen LogP contribution in [0.4, 0.5) is 0 Å². The standard InChI is InChI=1S/C22H21N3O4/c1-28-15-7-5-13(6-8-15)22-23-21(24-29-22)17-4-2-3-16-18(17)11-14-12-19(27)25(9-10-26)20(14)16/h2-8,14,20,26H,9-12H2,1H3/t14-,20+/m0/s1. The lowest BCUT2D eigenvalue weighted by Gasteiger charge is -2.24. The van der Waals surface area contributed by atoms with E-state index in [4.69, 9.17) is 9.26 Å². The first-order chi connectivity index (χ1) is 14.2. The van der Waals surface area contributed by atoms with Crippen LogP contribution in [-0.4, -0.2) is 46.3 Å². The lowest BCUT2D eigenvalue weighted by molar-refractivity contribution is -0.129. The Balaban J connectivity index is 1.49. The Morgan fingerprint density at radius 3 is 2.79 bits per heavy atom. The second-order valence-corrected chi connectivity index (χ2v) is 7.45. The summed E-state index contributed by atoms with van der Waals surface area (Å²) in [4.78, 5) is 18.7. The molecule has 1 fully saturated rings. The topological polar surface area (TPSA) is 88.7 Å². The molecular weight excluding hydrogens is 370 g/mol. The van der Waals surface area contributed by atoms with Crippen molar-refractivity contribution in [2.75, 3.05) is 20.3 Å². The molecule has 3 aromatic rings. The first kappa shape index (κ1) is 17.9. The van der Waals surface area contributed by atoms with Crippen molar-refractivity contribution < 1.29 is 19.2 Å². The molecule has 1 amide bonds. The minimum Gasteiger partial charge on any atom is -0.497 e. The van der Waals surface area contributed by atoms with Gasteiger partial charge in [-0.3, -0.25) is 4.79 Å². The summed E-state index contributed by atoms with van der Waals surface area (Å²) >= 11 is 0. The number of hydrogen-bond acceptors (Lipinski definition) is 6. The number of methoxy groups -OCH3 is 1. The molecule has 2 atom stereocenters. The van der Waals surface area contributed by atoms with E-state index in [1.165, 1.54) is 5.56 Å². The second-order valence-electron chi connectivity index (χ2n) is 7.45. The van der Waals surface area contributed by atoms with Gasteiger partial charge in [-0.25, -0.2) is 0 Å². The molecule has 1 N–H and O–H groups in total. The first-order valence-electron chi connectivity index (χ1n) is 9.70. The number of nitrogens with zero attached hydrogens (tertiary/aromatic N) is 3. The molecule has 0 radical (unpaired) electrons. The van der Waals surface area contributed by atoms with Crippen LogP contribution in [0.1, 0.15) is 23.6 Å². The molecule has 2 heterocycles. The van der Waals surface area contributed by atoms with Crippen LogP contribution in [0.2, 0.25) is 0 Å². The molecule has 1 aliphatic heterocycles. The van der Waals surface area contributed by atoms with Gasteiger partial charge in [0.25, 0.3) is 5.89 Å². The van der Waals surface area contributed by atoms with Gasteiger partial charge in [0, 0.05) is 24.1 Å². The monoisotopic (exact) mass is 391 g/mol. The van der Waals surface area contributed by atoms with E-state index in [0.29, 0.717) is 24.7 Å². The fourth-order valence-corrected chi connectivity index (χ4v) is 4.60. The van der Waals surface area contributed by atoms with E-state index in [-0.39, 0.29) is 24.5 Å². The van der Waals surface area contributed by atoms with Gasteiger partial charge in [0.1, 0.15) is 5.75 Å². The zero-order valence-corrected chi connectivity index (χ0v) is 16.0. The van der Waals surface area contributed by atoms with Gasteiger partial charge >= 0.3 is 0 Å². The predicted molar refractivity (Wildman–Crippen MR) is 105 cm³/mol. The number of carbonyl (C=O) groups is 1. The molecule has 0 unspecified atom stereocenters. The third-order valence-electron chi connectivity index (χ3n) is 5.88. The van der Waals surface area contributed by atoms with Crippen molar-refractivity contribution in [2.24, 2.45) is 5.92 Å². The van der Waals surface area contributed by atoms with Crippen molar-refractivity contribution >= 4 is 5.91 Å². The fraction of sp³-hybridized carbons (Fsp3) is 0.318. The van der Waals surface area contributed by atoms with Crippen molar-refractivity contribution in [1.82, 2.24) is 15.0 Å². The molecule has 148 valence electrons. The number of rotatable bonds is 5. The lowest BCUT2D eigenvalue weighted by atomic mass is 10.0. The third kappa shape index (κ3) is 2.89. The van der Waals surface area contributed by atoms with Crippen molar-refractivity contribution in [3.05, 3.63) is 53.6 Å². The van der Waals surface area contributed by atoms with Crippen LogP contribution in [0, 0.1) is 5.92 Å². The summed E-state index contributed by atoms with van der Waals surface area (Å²) in [5.41, 5.74) is 4.06. The summed E-state index contributed by atoms with van der Waals surface area (Å²) in [6, 6.07) is 13.5. The van der Waals surface area contributed by atoms with Gasteiger partial charge < -0.3 is 19.3 Å². The molecule has 0 bridgehead atoms. The Hall–Kier alpha value is -3.19. The van der Waals surface area contributed by atoms with Gasteiger partial charge in [-0.1, -0.05) is 23.4 Å². The van der Waals surface area contributed by atoms with Crippen LogP contribution in [-0.2, 0) is 11.2 Å². The summed E-state index contributed by atoms with van der Waals surface area (Å²) in [6.07, 6.45) is 1.32. The number of amides is 1.